The number of nitrogens with zero attached hydrogens (tertiary/aromatic N) is 1. The third-order valence-electron chi connectivity index (χ3n) is 2.04. The van der Waals surface area contributed by atoms with E-state index in [1.807, 2.05) is 19.2 Å². The fraction of sp³-hybridized carbons (Fsp3) is 0.400. The number of rotatable bonds is 4. The second kappa shape index (κ2) is 4.84. The van der Waals surface area contributed by atoms with Gasteiger partial charge in [0.25, 0.3) is 0 Å². The first kappa shape index (κ1) is 10.0. The molecule has 3 N–H and O–H groups in total. The van der Waals surface area contributed by atoms with E-state index in [0.717, 1.165) is 17.8 Å². The molecule has 0 bridgehead atoms. The number of hydrazine groups is 1. The van der Waals surface area contributed by atoms with Crippen LogP contribution < -0.4 is 16.2 Å². The van der Waals surface area contributed by atoms with E-state index in [1.54, 1.807) is 0 Å². The van der Waals surface area contributed by atoms with E-state index in [1.165, 1.54) is 0 Å². The van der Waals surface area contributed by atoms with Gasteiger partial charge in [-0.05, 0) is 24.6 Å². The Morgan fingerprint density at radius 3 is 2.77 bits per heavy atom. The lowest BCUT2D eigenvalue weighted by molar-refractivity contribution is 0.726. The molecule has 1 aromatic rings. The number of benzene rings is 1. The molecule has 0 fully saturated rings. The number of nitrogens with two attached hydrogens (primary N) is 1. The Morgan fingerprint density at radius 1 is 1.46 bits per heavy atom. The number of hydrogen-bond acceptors (Lipinski definition) is 3. The lowest BCUT2D eigenvalue weighted by atomic mass is 10.2. The maximum atomic E-state index is 5.56. The molecule has 0 aliphatic carbocycles. The summed E-state index contributed by atoms with van der Waals surface area (Å²) in [5, 5.41) is 2.07. The fourth-order valence-electron chi connectivity index (χ4n) is 1.32. The normalized spacial score (nSPS) is 10.1. The molecule has 0 saturated heterocycles. The quantitative estimate of drug-likeness (QED) is 0.680. The smallest absolute Gasteiger partial charge is 0.0522 e. The molecule has 1 rings (SSSR count). The van der Waals surface area contributed by atoms with Gasteiger partial charge in [-0.2, -0.15) is 0 Å². The minimum absolute atomic E-state index is 0.592. The maximum absolute atomic E-state index is 5.56. The molecular formula is C10H17N3. The van der Waals surface area contributed by atoms with Crippen molar-refractivity contribution < 1.29 is 0 Å². The first-order valence-corrected chi connectivity index (χ1v) is 4.55. The Hall–Kier alpha value is -1.06. The standard InChI is InChI=1S/C10H17N3/c1-3-13(12-2)10-6-4-5-9(7-10)8-11/h4-7,12H,3,8,11H2,1-2H3. The van der Waals surface area contributed by atoms with Gasteiger partial charge in [-0.25, -0.2) is 5.43 Å². The lowest BCUT2D eigenvalue weighted by Crippen LogP contribution is -2.34. The highest BCUT2D eigenvalue weighted by Gasteiger charge is 2.00. The predicted molar refractivity (Wildman–Crippen MR) is 56.4 cm³/mol. The van der Waals surface area contributed by atoms with Crippen LogP contribution in [0.1, 0.15) is 12.5 Å². The molecule has 0 radical (unpaired) electrons. The van der Waals surface area contributed by atoms with E-state index in [4.69, 9.17) is 5.73 Å². The molecule has 0 unspecified atom stereocenters. The summed E-state index contributed by atoms with van der Waals surface area (Å²) < 4.78 is 0. The fourth-order valence-corrected chi connectivity index (χ4v) is 1.32. The van der Waals surface area contributed by atoms with Gasteiger partial charge >= 0.3 is 0 Å². The summed E-state index contributed by atoms with van der Waals surface area (Å²) in [7, 11) is 1.92. The third kappa shape index (κ3) is 2.44. The van der Waals surface area contributed by atoms with Crippen LogP contribution in [0.2, 0.25) is 0 Å². The van der Waals surface area contributed by atoms with Gasteiger partial charge < -0.3 is 10.7 Å². The average Bonchev–Trinajstić information content (AvgIpc) is 2.20. The largest absolute Gasteiger partial charge is 0.326 e. The summed E-state index contributed by atoms with van der Waals surface area (Å²) in [6.45, 7) is 3.63. The van der Waals surface area contributed by atoms with Crippen LogP contribution >= 0.6 is 0 Å². The average molecular weight is 179 g/mol. The van der Waals surface area contributed by atoms with Crippen molar-refractivity contribution in [3.05, 3.63) is 29.8 Å². The summed E-state index contributed by atoms with van der Waals surface area (Å²) in [5.74, 6) is 0. The van der Waals surface area contributed by atoms with Crippen molar-refractivity contribution in [1.82, 2.24) is 5.43 Å². The van der Waals surface area contributed by atoms with E-state index in [2.05, 4.69) is 29.5 Å². The van der Waals surface area contributed by atoms with Crippen molar-refractivity contribution >= 4 is 5.69 Å². The highest BCUT2D eigenvalue weighted by molar-refractivity contribution is 5.47. The van der Waals surface area contributed by atoms with Gasteiger partial charge in [-0.1, -0.05) is 12.1 Å². The number of anilines is 1. The van der Waals surface area contributed by atoms with Gasteiger partial charge in [0.05, 0.1) is 5.69 Å². The van der Waals surface area contributed by atoms with Crippen molar-refractivity contribution in [3.63, 3.8) is 0 Å². The Balaban J connectivity index is 2.86. The van der Waals surface area contributed by atoms with Crippen molar-refractivity contribution in [2.75, 3.05) is 18.6 Å². The monoisotopic (exact) mass is 179 g/mol. The number of hydrogen-bond donors (Lipinski definition) is 2. The molecule has 3 nitrogen and oxygen atoms in total. The Labute approximate surface area is 79.5 Å². The zero-order chi connectivity index (χ0) is 9.68. The molecule has 0 aliphatic rings. The van der Waals surface area contributed by atoms with Crippen LogP contribution in [0.3, 0.4) is 0 Å². The molecule has 0 aliphatic heterocycles. The molecule has 3 heteroatoms. The zero-order valence-electron chi connectivity index (χ0n) is 8.25. The summed E-state index contributed by atoms with van der Waals surface area (Å²) in [5.41, 5.74) is 11.0. The van der Waals surface area contributed by atoms with Crippen molar-refractivity contribution in [2.24, 2.45) is 5.73 Å². The maximum Gasteiger partial charge on any atom is 0.0522 e. The van der Waals surface area contributed by atoms with Crippen molar-refractivity contribution in [3.8, 4) is 0 Å². The van der Waals surface area contributed by atoms with E-state index in [-0.39, 0.29) is 0 Å². The molecule has 0 amide bonds. The van der Waals surface area contributed by atoms with Gasteiger partial charge in [-0.3, -0.25) is 0 Å². The first-order chi connectivity index (χ1) is 6.31. The van der Waals surface area contributed by atoms with E-state index in [9.17, 15) is 0 Å². The van der Waals surface area contributed by atoms with Crippen molar-refractivity contribution in [1.29, 1.82) is 0 Å². The van der Waals surface area contributed by atoms with Gasteiger partial charge in [0.2, 0.25) is 0 Å². The van der Waals surface area contributed by atoms with Gasteiger partial charge in [0, 0.05) is 20.1 Å². The number of nitrogens with one attached hydrogen (secondary N) is 1. The Kier molecular flexibility index (Phi) is 3.73. The van der Waals surface area contributed by atoms with Gasteiger partial charge in [0.15, 0.2) is 0 Å². The minimum Gasteiger partial charge on any atom is -0.326 e. The van der Waals surface area contributed by atoms with Crippen LogP contribution in [0, 0.1) is 0 Å². The molecule has 72 valence electrons. The highest BCUT2D eigenvalue weighted by atomic mass is 15.5. The molecule has 0 heterocycles. The van der Waals surface area contributed by atoms with E-state index >= 15 is 0 Å². The molecule has 1 aromatic carbocycles. The topological polar surface area (TPSA) is 41.3 Å². The first-order valence-electron chi connectivity index (χ1n) is 4.55. The molecule has 0 atom stereocenters. The zero-order valence-corrected chi connectivity index (χ0v) is 8.25. The summed E-state index contributed by atoms with van der Waals surface area (Å²) >= 11 is 0. The molecule has 0 saturated carbocycles. The Morgan fingerprint density at radius 2 is 2.23 bits per heavy atom. The van der Waals surface area contributed by atoms with Crippen LogP contribution in [0.5, 0.6) is 0 Å². The molecule has 0 aromatic heterocycles. The third-order valence-corrected chi connectivity index (χ3v) is 2.04. The molecule has 0 spiro atoms. The minimum atomic E-state index is 0.592. The molecule has 13 heavy (non-hydrogen) atoms. The van der Waals surface area contributed by atoms with Crippen LogP contribution in [0.25, 0.3) is 0 Å². The SMILES string of the molecule is CCN(NC)c1cccc(CN)c1. The lowest BCUT2D eigenvalue weighted by Gasteiger charge is -2.21. The summed E-state index contributed by atoms with van der Waals surface area (Å²) in [6, 6.07) is 8.23. The summed E-state index contributed by atoms with van der Waals surface area (Å²) in [4.78, 5) is 0. The van der Waals surface area contributed by atoms with Crippen LogP contribution in [0.4, 0.5) is 5.69 Å². The van der Waals surface area contributed by atoms with Crippen molar-refractivity contribution in [2.45, 2.75) is 13.5 Å². The highest BCUT2D eigenvalue weighted by Crippen LogP contribution is 2.13. The second-order valence-corrected chi connectivity index (χ2v) is 2.84. The predicted octanol–water partition coefficient (Wildman–Crippen LogP) is 1.11. The van der Waals surface area contributed by atoms with Gasteiger partial charge in [-0.15, -0.1) is 0 Å². The van der Waals surface area contributed by atoms with Gasteiger partial charge in [0.1, 0.15) is 0 Å². The van der Waals surface area contributed by atoms with Crippen LogP contribution in [-0.4, -0.2) is 13.6 Å². The molecular weight excluding hydrogens is 162 g/mol. The van der Waals surface area contributed by atoms with E-state index < -0.39 is 0 Å². The second-order valence-electron chi connectivity index (χ2n) is 2.84. The van der Waals surface area contributed by atoms with Crippen LogP contribution in [-0.2, 0) is 6.54 Å². The summed E-state index contributed by atoms with van der Waals surface area (Å²) in [6.07, 6.45) is 0. The van der Waals surface area contributed by atoms with E-state index in [0.29, 0.717) is 6.54 Å². The van der Waals surface area contributed by atoms with Crippen LogP contribution in [0.15, 0.2) is 24.3 Å². The Bertz CT molecular complexity index is 256.